The molecule has 17 heavy (non-hydrogen) atoms. The summed E-state index contributed by atoms with van der Waals surface area (Å²) in [6.07, 6.45) is 3.13. The molecule has 94 valence electrons. The van der Waals surface area contributed by atoms with Crippen LogP contribution in [0.2, 0.25) is 0 Å². The maximum absolute atomic E-state index is 11.8. The quantitative estimate of drug-likeness (QED) is 0.644. The Hall–Kier alpha value is -1.55. The predicted molar refractivity (Wildman–Crippen MR) is 65.5 cm³/mol. The third kappa shape index (κ3) is 3.75. The van der Waals surface area contributed by atoms with E-state index in [0.29, 0.717) is 5.76 Å². The first kappa shape index (κ1) is 13.5. The van der Waals surface area contributed by atoms with Crippen molar-refractivity contribution >= 4 is 5.97 Å². The molecule has 2 atom stereocenters. The van der Waals surface area contributed by atoms with Crippen molar-refractivity contribution < 1.29 is 13.9 Å². The van der Waals surface area contributed by atoms with Gasteiger partial charge in [0, 0.05) is 0 Å². The van der Waals surface area contributed by atoms with E-state index >= 15 is 0 Å². The second-order valence-electron chi connectivity index (χ2n) is 4.84. The van der Waals surface area contributed by atoms with Crippen LogP contribution in [0.1, 0.15) is 32.4 Å². The number of carbonyl (C=O) groups excluding carboxylic acids is 1. The van der Waals surface area contributed by atoms with Crippen molar-refractivity contribution in [2.24, 2.45) is 5.73 Å². The largest absolute Gasteiger partial charge is 0.469 e. The molecule has 1 heterocycles. The number of nitrogens with two attached hydrogens (primary N) is 1. The lowest BCUT2D eigenvalue weighted by molar-refractivity contribution is -0.156. The Bertz CT molecular complexity index is 376. The number of hydrogen-bond donors (Lipinski definition) is 1. The molecular formula is C13H19NO3. The number of esters is 1. The van der Waals surface area contributed by atoms with Crippen LogP contribution >= 0.6 is 0 Å². The van der Waals surface area contributed by atoms with E-state index in [1.165, 1.54) is 6.26 Å². The van der Waals surface area contributed by atoms with E-state index in [-0.39, 0.29) is 5.92 Å². The topological polar surface area (TPSA) is 65.5 Å². The second kappa shape index (κ2) is 5.19. The molecule has 0 bridgehead atoms. The third-order valence-corrected chi connectivity index (χ3v) is 2.19. The molecule has 1 aromatic heterocycles. The van der Waals surface area contributed by atoms with Crippen molar-refractivity contribution in [3.8, 4) is 0 Å². The standard InChI is InChI=1S/C13H19NO3/c1-5-9(10-7-6-8-16-10)11(14)12(15)17-13(2,3)4/h5-9,11H,1,14H2,2-4H3/t9-,11-/m0/s1. The molecule has 0 amide bonds. The van der Waals surface area contributed by atoms with Gasteiger partial charge in [-0.05, 0) is 32.9 Å². The molecule has 0 saturated carbocycles. The highest BCUT2D eigenvalue weighted by Crippen LogP contribution is 2.22. The molecule has 0 spiro atoms. The van der Waals surface area contributed by atoms with Gasteiger partial charge in [0.05, 0.1) is 12.2 Å². The fourth-order valence-corrected chi connectivity index (χ4v) is 1.44. The molecule has 0 fully saturated rings. The van der Waals surface area contributed by atoms with Crippen LogP contribution in [0, 0.1) is 0 Å². The van der Waals surface area contributed by atoms with Gasteiger partial charge in [0.1, 0.15) is 17.4 Å². The Kier molecular flexibility index (Phi) is 4.12. The second-order valence-corrected chi connectivity index (χ2v) is 4.84. The molecule has 1 rings (SSSR count). The van der Waals surface area contributed by atoms with Gasteiger partial charge in [0.2, 0.25) is 0 Å². The highest BCUT2D eigenvalue weighted by atomic mass is 16.6. The fraction of sp³-hybridized carbons (Fsp3) is 0.462. The lowest BCUT2D eigenvalue weighted by atomic mass is 9.97. The van der Waals surface area contributed by atoms with Crippen LogP contribution in [0.15, 0.2) is 35.5 Å². The van der Waals surface area contributed by atoms with E-state index in [2.05, 4.69) is 6.58 Å². The maximum atomic E-state index is 11.8. The summed E-state index contributed by atoms with van der Waals surface area (Å²) in [6.45, 7) is 9.07. The van der Waals surface area contributed by atoms with Gasteiger partial charge in [-0.2, -0.15) is 0 Å². The van der Waals surface area contributed by atoms with Gasteiger partial charge in [0.25, 0.3) is 0 Å². The van der Waals surface area contributed by atoms with E-state index in [1.54, 1.807) is 39.0 Å². The minimum atomic E-state index is -0.808. The molecule has 4 heteroatoms. The highest BCUT2D eigenvalue weighted by molar-refractivity contribution is 5.77. The van der Waals surface area contributed by atoms with Gasteiger partial charge in [-0.3, -0.25) is 4.79 Å². The van der Waals surface area contributed by atoms with Crippen LogP contribution in [0.4, 0.5) is 0 Å². The number of carbonyl (C=O) groups is 1. The minimum Gasteiger partial charge on any atom is -0.469 e. The fourth-order valence-electron chi connectivity index (χ4n) is 1.44. The number of furan rings is 1. The summed E-state index contributed by atoms with van der Waals surface area (Å²) in [5.74, 6) is -0.225. The van der Waals surface area contributed by atoms with E-state index < -0.39 is 17.6 Å². The lowest BCUT2D eigenvalue weighted by Crippen LogP contribution is -2.40. The van der Waals surface area contributed by atoms with Crippen LogP contribution in [0.25, 0.3) is 0 Å². The molecular weight excluding hydrogens is 218 g/mol. The number of ether oxygens (including phenoxy) is 1. The first-order valence-corrected chi connectivity index (χ1v) is 5.49. The van der Waals surface area contributed by atoms with Crippen LogP contribution in [-0.2, 0) is 9.53 Å². The van der Waals surface area contributed by atoms with Gasteiger partial charge in [-0.1, -0.05) is 6.08 Å². The Morgan fingerprint density at radius 1 is 1.59 bits per heavy atom. The van der Waals surface area contributed by atoms with Crippen LogP contribution in [0.5, 0.6) is 0 Å². The SMILES string of the molecule is C=C[C@@H](c1ccco1)[C@H](N)C(=O)OC(C)(C)C. The third-order valence-electron chi connectivity index (χ3n) is 2.19. The summed E-state index contributed by atoms with van der Waals surface area (Å²) in [5.41, 5.74) is 5.31. The monoisotopic (exact) mass is 237 g/mol. The van der Waals surface area contributed by atoms with Crippen molar-refractivity contribution in [3.63, 3.8) is 0 Å². The predicted octanol–water partition coefficient (Wildman–Crippen LogP) is 2.22. The zero-order valence-corrected chi connectivity index (χ0v) is 10.5. The van der Waals surface area contributed by atoms with Crippen molar-refractivity contribution in [1.29, 1.82) is 0 Å². The van der Waals surface area contributed by atoms with Crippen LogP contribution in [-0.4, -0.2) is 17.6 Å². The molecule has 0 saturated heterocycles. The van der Waals surface area contributed by atoms with Gasteiger partial charge < -0.3 is 14.9 Å². The molecule has 2 N–H and O–H groups in total. The Balaban J connectivity index is 2.77. The Morgan fingerprint density at radius 2 is 2.24 bits per heavy atom. The smallest absolute Gasteiger partial charge is 0.324 e. The van der Waals surface area contributed by atoms with Crippen molar-refractivity contribution in [3.05, 3.63) is 36.8 Å². The normalized spacial score (nSPS) is 15.1. The average molecular weight is 237 g/mol. The van der Waals surface area contributed by atoms with Crippen LogP contribution in [0.3, 0.4) is 0 Å². The van der Waals surface area contributed by atoms with Gasteiger partial charge in [-0.15, -0.1) is 6.58 Å². The molecule has 0 aliphatic heterocycles. The van der Waals surface area contributed by atoms with Crippen molar-refractivity contribution in [2.75, 3.05) is 0 Å². The highest BCUT2D eigenvalue weighted by Gasteiger charge is 2.29. The summed E-state index contributed by atoms with van der Waals surface area (Å²) in [6, 6.07) is 2.70. The maximum Gasteiger partial charge on any atom is 0.324 e. The van der Waals surface area contributed by atoms with Crippen molar-refractivity contribution in [1.82, 2.24) is 0 Å². The lowest BCUT2D eigenvalue weighted by Gasteiger charge is -2.24. The molecule has 0 aliphatic rings. The van der Waals surface area contributed by atoms with E-state index in [1.807, 2.05) is 0 Å². The zero-order valence-electron chi connectivity index (χ0n) is 10.5. The molecule has 4 nitrogen and oxygen atoms in total. The number of hydrogen-bond acceptors (Lipinski definition) is 4. The molecule has 1 aromatic rings. The first-order valence-electron chi connectivity index (χ1n) is 5.49. The summed E-state index contributed by atoms with van der Waals surface area (Å²) in [4.78, 5) is 11.8. The summed E-state index contributed by atoms with van der Waals surface area (Å²) in [7, 11) is 0. The van der Waals surface area contributed by atoms with E-state index in [4.69, 9.17) is 14.9 Å². The molecule has 0 aliphatic carbocycles. The molecule has 0 aromatic carbocycles. The Morgan fingerprint density at radius 3 is 2.65 bits per heavy atom. The molecule has 0 radical (unpaired) electrons. The number of rotatable bonds is 4. The minimum absolute atomic E-state index is 0.375. The van der Waals surface area contributed by atoms with Gasteiger partial charge in [0.15, 0.2) is 0 Å². The van der Waals surface area contributed by atoms with Gasteiger partial charge in [-0.25, -0.2) is 0 Å². The summed E-state index contributed by atoms with van der Waals surface area (Å²) in [5, 5.41) is 0. The zero-order chi connectivity index (χ0) is 13.1. The average Bonchev–Trinajstić information content (AvgIpc) is 2.69. The van der Waals surface area contributed by atoms with E-state index in [9.17, 15) is 4.79 Å². The Labute approximate surface area is 101 Å². The van der Waals surface area contributed by atoms with Crippen molar-refractivity contribution in [2.45, 2.75) is 38.3 Å². The van der Waals surface area contributed by atoms with Gasteiger partial charge >= 0.3 is 5.97 Å². The summed E-state index contributed by atoms with van der Waals surface area (Å²) < 4.78 is 10.5. The molecule has 0 unspecified atom stereocenters. The van der Waals surface area contributed by atoms with E-state index in [0.717, 1.165) is 0 Å². The van der Waals surface area contributed by atoms with Crippen LogP contribution < -0.4 is 5.73 Å². The summed E-state index contributed by atoms with van der Waals surface area (Å²) >= 11 is 0. The first-order chi connectivity index (χ1) is 7.85.